The third-order valence-electron chi connectivity index (χ3n) is 6.86. The van der Waals surface area contributed by atoms with Crippen LogP contribution in [0.1, 0.15) is 49.3 Å². The van der Waals surface area contributed by atoms with Crippen molar-refractivity contribution in [1.82, 2.24) is 9.88 Å². The van der Waals surface area contributed by atoms with E-state index in [1.54, 1.807) is 10.6 Å². The normalized spacial score (nSPS) is 12.6. The van der Waals surface area contributed by atoms with Gasteiger partial charge in [0.2, 0.25) is 5.91 Å². The number of aromatic nitrogens is 1. The summed E-state index contributed by atoms with van der Waals surface area (Å²) in [5.41, 5.74) is 3.70. The third kappa shape index (κ3) is 6.98. The smallest absolute Gasteiger partial charge is 0.326 e. The van der Waals surface area contributed by atoms with Crippen LogP contribution in [0, 0.1) is 5.92 Å². The van der Waals surface area contributed by atoms with Gasteiger partial charge in [-0.1, -0.05) is 50.3 Å². The second-order valence-corrected chi connectivity index (χ2v) is 10.0. The van der Waals surface area contributed by atoms with E-state index in [2.05, 4.69) is 23.3 Å². The van der Waals surface area contributed by atoms with Crippen molar-refractivity contribution in [2.45, 2.75) is 45.3 Å². The minimum atomic E-state index is -4.39. The van der Waals surface area contributed by atoms with Crippen LogP contribution in [-0.2, 0) is 17.5 Å². The first-order valence-corrected chi connectivity index (χ1v) is 13.2. The second-order valence-electron chi connectivity index (χ2n) is 10.0. The Balaban J connectivity index is 1.43. The summed E-state index contributed by atoms with van der Waals surface area (Å²) in [5, 5.41) is 7.50. The van der Waals surface area contributed by atoms with Gasteiger partial charge in [-0.2, -0.15) is 13.2 Å². The van der Waals surface area contributed by atoms with Crippen molar-refractivity contribution >= 4 is 22.5 Å². The summed E-state index contributed by atoms with van der Waals surface area (Å²) in [7, 11) is 0. The highest BCUT2D eigenvalue weighted by Gasteiger charge is 2.30. The lowest BCUT2D eigenvalue weighted by Gasteiger charge is -2.18. The molecule has 0 fully saturated rings. The first-order chi connectivity index (χ1) is 18.7. The average Bonchev–Trinajstić information content (AvgIpc) is 3.35. The van der Waals surface area contributed by atoms with Crippen molar-refractivity contribution in [3.63, 3.8) is 0 Å². The van der Waals surface area contributed by atoms with Gasteiger partial charge in [-0.05, 0) is 78.9 Å². The molecule has 0 bridgehead atoms. The van der Waals surface area contributed by atoms with E-state index in [0.717, 1.165) is 53.2 Å². The van der Waals surface area contributed by atoms with E-state index in [1.807, 2.05) is 68.6 Å². The lowest BCUT2D eigenvalue weighted by molar-refractivity contribution is -0.137. The van der Waals surface area contributed by atoms with Crippen LogP contribution in [0.25, 0.3) is 16.6 Å². The largest absolute Gasteiger partial charge is 0.416 e. The van der Waals surface area contributed by atoms with Crippen LogP contribution in [0.2, 0.25) is 0 Å². The molecule has 4 rings (SSSR count). The van der Waals surface area contributed by atoms with E-state index in [0.29, 0.717) is 12.2 Å². The molecular formula is C32H34F3N3O. The number of hydrogen-bond donors (Lipinski definition) is 2. The van der Waals surface area contributed by atoms with Crippen molar-refractivity contribution in [2.24, 2.45) is 5.92 Å². The van der Waals surface area contributed by atoms with Gasteiger partial charge in [-0.3, -0.25) is 4.79 Å². The van der Waals surface area contributed by atoms with Gasteiger partial charge in [0, 0.05) is 35.4 Å². The summed E-state index contributed by atoms with van der Waals surface area (Å²) in [6.45, 7) is 9.06. The van der Waals surface area contributed by atoms with Gasteiger partial charge in [0.05, 0.1) is 11.1 Å². The standard InChI is InChI=1S/C32H34F3N3O/c1-4-8-23(24-9-5-12-27(19-24)37-31(39)22(2)3)15-17-36-21-25-10-6-14-30-29(25)16-18-38(30)28-13-7-11-26(20-28)32(33,34)35/h4-7,9-14,16,18-20,22-23,36H,1,8,15,17,21H2,2-3H3,(H,37,39). The van der Waals surface area contributed by atoms with Gasteiger partial charge in [0.25, 0.3) is 0 Å². The van der Waals surface area contributed by atoms with Gasteiger partial charge in [-0.25, -0.2) is 0 Å². The molecule has 4 nitrogen and oxygen atoms in total. The molecule has 2 N–H and O–H groups in total. The van der Waals surface area contributed by atoms with Crippen molar-refractivity contribution in [1.29, 1.82) is 0 Å². The van der Waals surface area contributed by atoms with Crippen LogP contribution in [0.3, 0.4) is 0 Å². The number of halogens is 3. The van der Waals surface area contributed by atoms with Crippen LogP contribution in [0.4, 0.5) is 18.9 Å². The molecule has 39 heavy (non-hydrogen) atoms. The second kappa shape index (κ2) is 12.3. The topological polar surface area (TPSA) is 46.1 Å². The fraction of sp³-hybridized carbons (Fsp3) is 0.281. The molecule has 1 atom stereocenters. The molecule has 1 unspecified atom stereocenters. The van der Waals surface area contributed by atoms with Crippen molar-refractivity contribution in [2.75, 3.05) is 11.9 Å². The molecule has 0 saturated carbocycles. The third-order valence-corrected chi connectivity index (χ3v) is 6.86. The monoisotopic (exact) mass is 533 g/mol. The van der Waals surface area contributed by atoms with Crippen molar-refractivity contribution in [3.05, 3.63) is 108 Å². The van der Waals surface area contributed by atoms with E-state index in [-0.39, 0.29) is 17.7 Å². The Hall–Kier alpha value is -3.84. The molecule has 0 aliphatic rings. The van der Waals surface area contributed by atoms with Gasteiger partial charge < -0.3 is 15.2 Å². The highest BCUT2D eigenvalue weighted by atomic mass is 19.4. The van der Waals surface area contributed by atoms with Crippen LogP contribution >= 0.6 is 0 Å². The average molecular weight is 534 g/mol. The first-order valence-electron chi connectivity index (χ1n) is 13.2. The molecule has 204 valence electrons. The van der Waals surface area contributed by atoms with Gasteiger partial charge in [-0.15, -0.1) is 6.58 Å². The Labute approximate surface area is 227 Å². The Kier molecular flexibility index (Phi) is 8.92. The zero-order valence-electron chi connectivity index (χ0n) is 22.3. The number of allylic oxidation sites excluding steroid dienone is 1. The molecular weight excluding hydrogens is 499 g/mol. The Morgan fingerprint density at radius 2 is 1.79 bits per heavy atom. The highest BCUT2D eigenvalue weighted by molar-refractivity contribution is 5.92. The maximum absolute atomic E-state index is 13.2. The zero-order valence-corrected chi connectivity index (χ0v) is 22.3. The summed E-state index contributed by atoms with van der Waals surface area (Å²) in [4.78, 5) is 12.1. The van der Waals surface area contributed by atoms with Gasteiger partial charge >= 0.3 is 6.18 Å². The number of nitrogens with one attached hydrogen (secondary N) is 2. The van der Waals surface area contributed by atoms with E-state index >= 15 is 0 Å². The number of carbonyl (C=O) groups is 1. The molecule has 4 aromatic rings. The van der Waals surface area contributed by atoms with E-state index in [4.69, 9.17) is 0 Å². The number of hydrogen-bond acceptors (Lipinski definition) is 2. The summed E-state index contributed by atoms with van der Waals surface area (Å²) in [6.07, 6.45) is 1.05. The first kappa shape index (κ1) is 28.2. The van der Waals surface area contributed by atoms with Crippen LogP contribution in [0.5, 0.6) is 0 Å². The predicted octanol–water partition coefficient (Wildman–Crippen LogP) is 8.08. The molecule has 1 aromatic heterocycles. The molecule has 0 saturated heterocycles. The number of rotatable bonds is 11. The summed E-state index contributed by atoms with van der Waals surface area (Å²) < 4.78 is 41.5. The number of anilines is 1. The Morgan fingerprint density at radius 1 is 1.03 bits per heavy atom. The molecule has 1 amide bonds. The van der Waals surface area contributed by atoms with Crippen LogP contribution in [0.15, 0.2) is 91.6 Å². The summed E-state index contributed by atoms with van der Waals surface area (Å²) in [6, 6.07) is 21.2. The Bertz CT molecular complexity index is 1440. The van der Waals surface area contributed by atoms with Gasteiger partial charge in [0.1, 0.15) is 0 Å². The maximum atomic E-state index is 13.2. The molecule has 0 aliphatic carbocycles. The van der Waals surface area contributed by atoms with Crippen molar-refractivity contribution in [3.8, 4) is 5.69 Å². The molecule has 7 heteroatoms. The number of carbonyl (C=O) groups excluding carboxylic acids is 1. The van der Waals surface area contributed by atoms with Crippen LogP contribution in [-0.4, -0.2) is 17.0 Å². The Morgan fingerprint density at radius 3 is 2.54 bits per heavy atom. The van der Waals surface area contributed by atoms with Gasteiger partial charge in [0.15, 0.2) is 0 Å². The molecule has 1 heterocycles. The number of fused-ring (bicyclic) bond motifs is 1. The minimum absolute atomic E-state index is 0.00912. The maximum Gasteiger partial charge on any atom is 0.416 e. The van der Waals surface area contributed by atoms with E-state index in [1.165, 1.54) is 12.1 Å². The lowest BCUT2D eigenvalue weighted by Crippen LogP contribution is -2.18. The van der Waals surface area contributed by atoms with E-state index < -0.39 is 11.7 Å². The fourth-order valence-corrected chi connectivity index (χ4v) is 4.72. The number of nitrogens with zero attached hydrogens (tertiary/aromatic N) is 1. The number of amides is 1. The highest BCUT2D eigenvalue weighted by Crippen LogP contribution is 2.32. The summed E-state index contributed by atoms with van der Waals surface area (Å²) in [5.74, 6) is 0.155. The molecule has 3 aromatic carbocycles. The SMILES string of the molecule is C=CCC(CCNCc1cccc2c1ccn2-c1cccc(C(F)(F)F)c1)c1cccc(NC(=O)C(C)C)c1. The quantitative estimate of drug-likeness (QED) is 0.151. The number of benzene rings is 3. The number of alkyl halides is 3. The van der Waals surface area contributed by atoms with E-state index in [9.17, 15) is 18.0 Å². The summed E-state index contributed by atoms with van der Waals surface area (Å²) >= 11 is 0. The minimum Gasteiger partial charge on any atom is -0.326 e. The zero-order chi connectivity index (χ0) is 28.0. The lowest BCUT2D eigenvalue weighted by atomic mass is 9.92. The molecule has 0 radical (unpaired) electrons. The van der Waals surface area contributed by atoms with Crippen LogP contribution < -0.4 is 10.6 Å². The fourth-order valence-electron chi connectivity index (χ4n) is 4.72. The van der Waals surface area contributed by atoms with Crippen molar-refractivity contribution < 1.29 is 18.0 Å². The predicted molar refractivity (Wildman–Crippen MR) is 152 cm³/mol. The molecule has 0 aliphatic heterocycles. The molecule has 0 spiro atoms.